The highest BCUT2D eigenvalue weighted by Gasteiger charge is 2.41. The van der Waals surface area contributed by atoms with Gasteiger partial charge in [0.1, 0.15) is 12.2 Å². The van der Waals surface area contributed by atoms with E-state index in [-0.39, 0.29) is 10.7 Å². The zero-order chi connectivity index (χ0) is 24.9. The second-order valence-corrected chi connectivity index (χ2v) is 8.95. The zero-order valence-corrected chi connectivity index (χ0v) is 21.8. The van der Waals surface area contributed by atoms with Gasteiger partial charge in [-0.3, -0.25) is 19.4 Å². The molecule has 8 heteroatoms. The molecule has 0 aromatic heterocycles. The number of nitrogens with zero attached hydrogens (tertiary/aromatic N) is 2. The maximum absolute atomic E-state index is 13.6. The molecule has 2 amide bonds. The molecule has 4 rings (SSSR count). The third-order valence-electron chi connectivity index (χ3n) is 5.19. The van der Waals surface area contributed by atoms with Crippen molar-refractivity contribution in [1.29, 1.82) is 0 Å². The van der Waals surface area contributed by atoms with Crippen LogP contribution >= 0.6 is 34.8 Å². The largest absolute Gasteiger partial charge is 0.493 e. The van der Waals surface area contributed by atoms with Gasteiger partial charge in [-0.2, -0.15) is 0 Å². The Kier molecular flexibility index (Phi) is 7.62. The van der Waals surface area contributed by atoms with Crippen molar-refractivity contribution in [1.82, 2.24) is 0 Å². The number of thiocarbonyl (C=S) groups is 1. The van der Waals surface area contributed by atoms with E-state index < -0.39 is 11.8 Å². The van der Waals surface area contributed by atoms with Crippen LogP contribution < -0.4 is 19.3 Å². The Morgan fingerprint density at radius 2 is 1.49 bits per heavy atom. The maximum atomic E-state index is 13.6. The van der Waals surface area contributed by atoms with Crippen molar-refractivity contribution in [3.8, 4) is 11.5 Å². The van der Waals surface area contributed by atoms with Gasteiger partial charge < -0.3 is 9.47 Å². The van der Waals surface area contributed by atoms with Crippen LogP contribution in [0.4, 0.5) is 11.4 Å². The Hall–Kier alpha value is -3.50. The molecule has 0 unspecified atom stereocenters. The molecule has 0 radical (unpaired) electrons. The number of anilines is 2. The molecule has 0 bridgehead atoms. The first-order valence-corrected chi connectivity index (χ1v) is 12.1. The summed E-state index contributed by atoms with van der Waals surface area (Å²) in [4.78, 5) is 30.0. The predicted molar refractivity (Wildman–Crippen MR) is 150 cm³/mol. The standard InChI is InChI=1S/C27H21IN2O4S/c1-3-14-34-24-22(28)16-18(17-23(24)33-2)15-21-25(31)29(19-10-6-4-7-11-19)27(35)30(26(21)32)20-12-8-5-9-13-20/h3-13,15-17H,1,14H2,2H3. The first-order valence-electron chi connectivity index (χ1n) is 10.6. The summed E-state index contributed by atoms with van der Waals surface area (Å²) in [7, 11) is 1.53. The number of carbonyl (C=O) groups is 2. The molecule has 1 saturated heterocycles. The lowest BCUT2D eigenvalue weighted by atomic mass is 10.0. The smallest absolute Gasteiger partial charge is 0.270 e. The molecular formula is C27H21IN2O4S. The fourth-order valence-electron chi connectivity index (χ4n) is 3.61. The van der Waals surface area contributed by atoms with Gasteiger partial charge in [0.05, 0.1) is 22.1 Å². The van der Waals surface area contributed by atoms with Gasteiger partial charge >= 0.3 is 0 Å². The van der Waals surface area contributed by atoms with Crippen LogP contribution in [0, 0.1) is 3.57 Å². The van der Waals surface area contributed by atoms with E-state index in [0.717, 1.165) is 3.57 Å². The summed E-state index contributed by atoms with van der Waals surface area (Å²) in [5.74, 6) is 0.0461. The molecule has 0 N–H and O–H groups in total. The zero-order valence-electron chi connectivity index (χ0n) is 18.8. The highest BCUT2D eigenvalue weighted by atomic mass is 127. The number of para-hydroxylation sites is 2. The number of benzene rings is 3. The van der Waals surface area contributed by atoms with Crippen LogP contribution in [-0.4, -0.2) is 30.6 Å². The van der Waals surface area contributed by atoms with E-state index in [4.69, 9.17) is 21.7 Å². The molecule has 0 spiro atoms. The summed E-state index contributed by atoms with van der Waals surface area (Å²) in [5, 5.41) is 0.0925. The van der Waals surface area contributed by atoms with Gasteiger partial charge in [0.2, 0.25) is 0 Å². The highest BCUT2D eigenvalue weighted by Crippen LogP contribution is 2.36. The minimum Gasteiger partial charge on any atom is -0.493 e. The highest BCUT2D eigenvalue weighted by molar-refractivity contribution is 14.1. The quantitative estimate of drug-likeness (QED) is 0.117. The van der Waals surface area contributed by atoms with Gasteiger partial charge in [-0.15, -0.1) is 0 Å². The summed E-state index contributed by atoms with van der Waals surface area (Å²) in [6, 6.07) is 21.6. The molecule has 176 valence electrons. The van der Waals surface area contributed by atoms with Gasteiger partial charge in [-0.05, 0) is 82.8 Å². The van der Waals surface area contributed by atoms with Crippen molar-refractivity contribution in [3.63, 3.8) is 0 Å². The van der Waals surface area contributed by atoms with E-state index in [2.05, 4.69) is 29.2 Å². The molecule has 0 saturated carbocycles. The fourth-order valence-corrected chi connectivity index (χ4v) is 4.77. The number of halogens is 1. The van der Waals surface area contributed by atoms with Crippen LogP contribution in [0.2, 0.25) is 0 Å². The van der Waals surface area contributed by atoms with E-state index in [1.54, 1.807) is 42.5 Å². The van der Waals surface area contributed by atoms with E-state index in [1.807, 2.05) is 42.5 Å². The maximum Gasteiger partial charge on any atom is 0.270 e. The third kappa shape index (κ3) is 4.98. The Labute approximate surface area is 222 Å². The number of methoxy groups -OCH3 is 1. The van der Waals surface area contributed by atoms with Gasteiger partial charge in [0.25, 0.3) is 11.8 Å². The molecule has 35 heavy (non-hydrogen) atoms. The minimum atomic E-state index is -0.501. The summed E-state index contributed by atoms with van der Waals surface area (Å²) in [6.07, 6.45) is 3.20. The van der Waals surface area contributed by atoms with Crippen LogP contribution in [-0.2, 0) is 9.59 Å². The van der Waals surface area contributed by atoms with Crippen LogP contribution in [0.3, 0.4) is 0 Å². The van der Waals surface area contributed by atoms with Gasteiger partial charge in [-0.25, -0.2) is 0 Å². The molecule has 6 nitrogen and oxygen atoms in total. The summed E-state index contributed by atoms with van der Waals surface area (Å²) >= 11 is 7.77. The normalized spacial score (nSPS) is 13.7. The van der Waals surface area contributed by atoms with Crippen molar-refractivity contribution < 1.29 is 19.1 Å². The Balaban J connectivity index is 1.84. The number of rotatable bonds is 7. The van der Waals surface area contributed by atoms with Crippen molar-refractivity contribution >= 4 is 69.2 Å². The summed E-state index contributed by atoms with van der Waals surface area (Å²) in [5.41, 5.74) is 1.73. The second-order valence-electron chi connectivity index (χ2n) is 7.43. The minimum absolute atomic E-state index is 0.0241. The predicted octanol–water partition coefficient (Wildman–Crippen LogP) is 5.61. The molecule has 0 aliphatic carbocycles. The third-order valence-corrected chi connectivity index (χ3v) is 6.35. The van der Waals surface area contributed by atoms with Gasteiger partial charge in [0, 0.05) is 0 Å². The number of hydrogen-bond donors (Lipinski definition) is 0. The van der Waals surface area contributed by atoms with Crippen LogP contribution in [0.1, 0.15) is 5.56 Å². The molecule has 0 atom stereocenters. The average molecular weight is 596 g/mol. The number of amides is 2. The Morgan fingerprint density at radius 3 is 1.97 bits per heavy atom. The van der Waals surface area contributed by atoms with Crippen molar-refractivity contribution in [2.45, 2.75) is 0 Å². The molecular weight excluding hydrogens is 575 g/mol. The summed E-state index contributed by atoms with van der Waals surface area (Å²) < 4.78 is 12.0. The summed E-state index contributed by atoms with van der Waals surface area (Å²) in [6.45, 7) is 3.99. The van der Waals surface area contributed by atoms with Crippen LogP contribution in [0.5, 0.6) is 11.5 Å². The molecule has 1 heterocycles. The lowest BCUT2D eigenvalue weighted by Crippen LogP contribution is -2.56. The van der Waals surface area contributed by atoms with Crippen molar-refractivity contribution in [3.05, 3.63) is 100 Å². The van der Waals surface area contributed by atoms with Crippen LogP contribution in [0.15, 0.2) is 91.0 Å². The number of ether oxygens (including phenoxy) is 2. The lowest BCUT2D eigenvalue weighted by Gasteiger charge is -2.36. The monoisotopic (exact) mass is 596 g/mol. The number of hydrogen-bond acceptors (Lipinski definition) is 5. The molecule has 1 fully saturated rings. The SMILES string of the molecule is C=CCOc1c(I)cc(C=C2C(=O)N(c3ccccc3)C(=S)N(c3ccccc3)C2=O)cc1OC. The van der Waals surface area contributed by atoms with E-state index in [9.17, 15) is 9.59 Å². The fraction of sp³-hybridized carbons (Fsp3) is 0.0741. The van der Waals surface area contributed by atoms with E-state index in [0.29, 0.717) is 35.0 Å². The lowest BCUT2D eigenvalue weighted by molar-refractivity contribution is -0.120. The molecule has 1 aliphatic rings. The van der Waals surface area contributed by atoms with E-state index >= 15 is 0 Å². The molecule has 1 aliphatic heterocycles. The topological polar surface area (TPSA) is 59.1 Å². The second kappa shape index (κ2) is 10.8. The van der Waals surface area contributed by atoms with Crippen LogP contribution in [0.25, 0.3) is 6.08 Å². The Bertz CT molecular complexity index is 1260. The number of carbonyl (C=O) groups excluding carboxylic acids is 2. The van der Waals surface area contributed by atoms with Crippen molar-refractivity contribution in [2.75, 3.05) is 23.5 Å². The Morgan fingerprint density at radius 1 is 0.943 bits per heavy atom. The van der Waals surface area contributed by atoms with Crippen molar-refractivity contribution in [2.24, 2.45) is 0 Å². The van der Waals surface area contributed by atoms with Gasteiger partial charge in [0.15, 0.2) is 16.6 Å². The molecule has 3 aromatic rings. The molecule has 3 aromatic carbocycles. The van der Waals surface area contributed by atoms with E-state index in [1.165, 1.54) is 16.9 Å². The van der Waals surface area contributed by atoms with Gasteiger partial charge in [-0.1, -0.05) is 49.1 Å². The first kappa shape index (κ1) is 24.6. The average Bonchev–Trinajstić information content (AvgIpc) is 2.87. The first-order chi connectivity index (χ1) is 17.0.